The molecule has 3 saturated carbocycles. The van der Waals surface area contributed by atoms with Crippen LogP contribution < -0.4 is 0 Å². The lowest BCUT2D eigenvalue weighted by atomic mass is 9.61. The van der Waals surface area contributed by atoms with Crippen LogP contribution >= 0.6 is 11.8 Å². The molecule has 3 aliphatic carbocycles. The molecule has 3 fully saturated rings. The molecule has 0 radical (unpaired) electrons. The van der Waals surface area contributed by atoms with Crippen molar-refractivity contribution in [1.82, 2.24) is 0 Å². The summed E-state index contributed by atoms with van der Waals surface area (Å²) in [6.07, 6.45) is 13.4. The second-order valence-electron chi connectivity index (χ2n) is 19.8. The Morgan fingerprint density at radius 3 is 2.04 bits per heavy atom. The minimum absolute atomic E-state index is 0.0176. The summed E-state index contributed by atoms with van der Waals surface area (Å²) in [6, 6.07) is 8.50. The zero-order chi connectivity index (χ0) is 36.8. The standard InChI is InChI=1S/C43H72O3SSi2/c1-30(29-47-35-20-16-19-34(28-35)42(9,10)44)36-23-24-37-33(18-17-25-43(36,37)11)22-21-32-26-38(45-48(12,13)40(3,4)5)31(2)39(27-32)46-49(14,15)41(6,7)8/h16,19-22,28,30,36-39,44H,2,17-18,23-27,29H2,1,3-15H3/t30-,36+,37?,38+,39+,43+/m0/s1. The SMILES string of the molecule is C=C1[C@H](O[Si](C)(C)C(C)(C)C)CC(=CC=C2CCC[C@@]3(C)C2CC[C@@H]3[C@@H](C)CSc2cccc(C(C)(C)O)c2)C[C@H]1O[Si](C)(C)C(C)(C)C. The number of thioether (sulfide) groups is 1. The second-order valence-corrected chi connectivity index (χ2v) is 30.4. The summed E-state index contributed by atoms with van der Waals surface area (Å²) < 4.78 is 14.2. The van der Waals surface area contributed by atoms with E-state index in [4.69, 9.17) is 8.85 Å². The summed E-state index contributed by atoms with van der Waals surface area (Å²) in [4.78, 5) is 1.27. The van der Waals surface area contributed by atoms with Gasteiger partial charge in [-0.25, -0.2) is 0 Å². The molecule has 0 amide bonds. The predicted molar refractivity (Wildman–Crippen MR) is 218 cm³/mol. The van der Waals surface area contributed by atoms with Crippen molar-refractivity contribution in [3.63, 3.8) is 0 Å². The number of aliphatic hydroxyl groups is 1. The monoisotopic (exact) mass is 724 g/mol. The molecule has 0 heterocycles. The van der Waals surface area contributed by atoms with Crippen molar-refractivity contribution in [3.8, 4) is 0 Å². The van der Waals surface area contributed by atoms with Crippen LogP contribution in [0.5, 0.6) is 0 Å². The Kier molecular flexibility index (Phi) is 12.4. The first-order valence-electron chi connectivity index (χ1n) is 19.2. The molecule has 0 saturated heterocycles. The maximum Gasteiger partial charge on any atom is 0.192 e. The average molecular weight is 725 g/mol. The van der Waals surface area contributed by atoms with Gasteiger partial charge in [0.1, 0.15) is 0 Å². The fourth-order valence-electron chi connectivity index (χ4n) is 8.21. The van der Waals surface area contributed by atoms with Crippen molar-refractivity contribution in [2.24, 2.45) is 23.2 Å². The van der Waals surface area contributed by atoms with Crippen LogP contribution in [-0.2, 0) is 14.5 Å². The predicted octanol–water partition coefficient (Wildman–Crippen LogP) is 12.8. The molecular formula is C43H72O3SSi2. The lowest BCUT2D eigenvalue weighted by molar-refractivity contribution is 0.0784. The van der Waals surface area contributed by atoms with E-state index in [1.807, 2.05) is 31.7 Å². The quantitative estimate of drug-likeness (QED) is 0.148. The summed E-state index contributed by atoms with van der Waals surface area (Å²) in [5, 5.41) is 10.8. The average Bonchev–Trinajstić information content (AvgIpc) is 3.33. The third-order valence-corrected chi connectivity index (χ3v) is 23.8. The topological polar surface area (TPSA) is 38.7 Å². The normalized spacial score (nSPS) is 28.9. The minimum atomic E-state index is -1.99. The van der Waals surface area contributed by atoms with E-state index in [0.717, 1.165) is 35.6 Å². The van der Waals surface area contributed by atoms with E-state index >= 15 is 0 Å². The van der Waals surface area contributed by atoms with E-state index in [1.54, 1.807) is 5.57 Å². The van der Waals surface area contributed by atoms with E-state index in [1.165, 1.54) is 42.6 Å². The second kappa shape index (κ2) is 14.9. The Morgan fingerprint density at radius 1 is 0.939 bits per heavy atom. The van der Waals surface area contributed by atoms with Gasteiger partial charge in [0.25, 0.3) is 0 Å². The molecule has 0 aromatic heterocycles. The van der Waals surface area contributed by atoms with Crippen molar-refractivity contribution in [2.45, 2.75) is 173 Å². The third kappa shape index (κ3) is 9.37. The molecule has 3 nitrogen and oxygen atoms in total. The van der Waals surface area contributed by atoms with Gasteiger partial charge in [-0.1, -0.05) is 97.4 Å². The fourth-order valence-corrected chi connectivity index (χ4v) is 11.9. The zero-order valence-electron chi connectivity index (χ0n) is 33.9. The molecule has 0 bridgehead atoms. The van der Waals surface area contributed by atoms with Crippen LogP contribution in [-0.4, -0.2) is 39.7 Å². The smallest absolute Gasteiger partial charge is 0.192 e. The first kappa shape index (κ1) is 40.9. The van der Waals surface area contributed by atoms with Crippen LogP contribution in [0.1, 0.15) is 120 Å². The lowest BCUT2D eigenvalue weighted by Crippen LogP contribution is -2.49. The maximum atomic E-state index is 10.5. The lowest BCUT2D eigenvalue weighted by Gasteiger charge is -2.46. The molecule has 1 aromatic carbocycles. The van der Waals surface area contributed by atoms with Crippen LogP contribution in [0, 0.1) is 23.2 Å². The van der Waals surface area contributed by atoms with Gasteiger partial charge in [0.15, 0.2) is 16.6 Å². The van der Waals surface area contributed by atoms with Gasteiger partial charge in [-0.05, 0) is 141 Å². The van der Waals surface area contributed by atoms with Crippen LogP contribution in [0.3, 0.4) is 0 Å². The zero-order valence-corrected chi connectivity index (χ0v) is 36.7. The van der Waals surface area contributed by atoms with Crippen molar-refractivity contribution >= 4 is 28.4 Å². The molecule has 276 valence electrons. The molecule has 0 aliphatic heterocycles. The molecule has 6 heteroatoms. The number of benzene rings is 1. The Hall–Kier alpha value is -0.896. The molecule has 0 spiro atoms. The van der Waals surface area contributed by atoms with Gasteiger partial charge in [-0.15, -0.1) is 11.8 Å². The molecule has 1 aromatic rings. The van der Waals surface area contributed by atoms with E-state index < -0.39 is 22.2 Å². The van der Waals surface area contributed by atoms with Crippen LogP contribution in [0.2, 0.25) is 36.3 Å². The Bertz CT molecular complexity index is 1350. The van der Waals surface area contributed by atoms with Gasteiger partial charge < -0.3 is 14.0 Å². The highest BCUT2D eigenvalue weighted by molar-refractivity contribution is 7.99. The Morgan fingerprint density at radius 2 is 1.51 bits per heavy atom. The molecule has 6 atom stereocenters. The van der Waals surface area contributed by atoms with Crippen molar-refractivity contribution in [2.75, 3.05) is 5.75 Å². The first-order chi connectivity index (χ1) is 22.4. The molecule has 3 aliphatic rings. The highest BCUT2D eigenvalue weighted by Crippen LogP contribution is 2.60. The summed E-state index contributed by atoms with van der Waals surface area (Å²) in [6.45, 7) is 37.0. The van der Waals surface area contributed by atoms with Gasteiger partial charge in [-0.3, -0.25) is 0 Å². The maximum absolute atomic E-state index is 10.5. The molecule has 4 rings (SSSR count). The van der Waals surface area contributed by atoms with Gasteiger partial charge in [0.2, 0.25) is 0 Å². The number of hydrogen-bond acceptors (Lipinski definition) is 4. The largest absolute Gasteiger partial charge is 0.410 e. The number of rotatable bonds is 10. The molecular weight excluding hydrogens is 653 g/mol. The fraction of sp³-hybridized carbons (Fsp3) is 0.721. The number of allylic oxidation sites excluding steroid dienone is 3. The first-order valence-corrected chi connectivity index (χ1v) is 26.0. The highest BCUT2D eigenvalue weighted by atomic mass is 32.2. The summed E-state index contributed by atoms with van der Waals surface area (Å²) in [5.74, 6) is 3.18. The summed E-state index contributed by atoms with van der Waals surface area (Å²) >= 11 is 1.96. The molecule has 1 unspecified atom stereocenters. The molecule has 1 N–H and O–H groups in total. The van der Waals surface area contributed by atoms with Crippen LogP contribution in [0.25, 0.3) is 0 Å². The van der Waals surface area contributed by atoms with E-state index in [-0.39, 0.29) is 22.3 Å². The van der Waals surface area contributed by atoms with Gasteiger partial charge in [-0.2, -0.15) is 0 Å². The van der Waals surface area contributed by atoms with Gasteiger partial charge >= 0.3 is 0 Å². The highest BCUT2D eigenvalue weighted by Gasteiger charge is 2.51. The van der Waals surface area contributed by atoms with E-state index in [0.29, 0.717) is 17.3 Å². The van der Waals surface area contributed by atoms with Crippen molar-refractivity contribution in [1.29, 1.82) is 0 Å². The summed E-state index contributed by atoms with van der Waals surface area (Å²) in [5.41, 5.74) is 4.84. The van der Waals surface area contributed by atoms with Crippen LogP contribution in [0.4, 0.5) is 0 Å². The molecule has 49 heavy (non-hydrogen) atoms. The van der Waals surface area contributed by atoms with Crippen molar-refractivity contribution < 1.29 is 14.0 Å². The minimum Gasteiger partial charge on any atom is -0.410 e. The van der Waals surface area contributed by atoms with Crippen molar-refractivity contribution in [3.05, 3.63) is 65.3 Å². The van der Waals surface area contributed by atoms with Gasteiger partial charge in [0.05, 0.1) is 17.8 Å². The van der Waals surface area contributed by atoms with E-state index in [2.05, 4.69) is 119 Å². The van der Waals surface area contributed by atoms with Crippen LogP contribution in [0.15, 0.2) is 64.6 Å². The van der Waals surface area contributed by atoms with E-state index in [9.17, 15) is 5.11 Å². The van der Waals surface area contributed by atoms with Gasteiger partial charge in [0, 0.05) is 10.6 Å². The number of hydrogen-bond donors (Lipinski definition) is 1. The Labute approximate surface area is 308 Å². The Balaban J connectivity index is 1.54. The summed E-state index contributed by atoms with van der Waals surface area (Å²) in [7, 11) is -3.98. The number of fused-ring (bicyclic) bond motifs is 1. The third-order valence-electron chi connectivity index (χ3n) is 13.5.